The molecule has 4 aromatic rings. The Morgan fingerprint density at radius 3 is 2.50 bits per heavy atom. The first-order chi connectivity index (χ1) is 17.3. The van der Waals surface area contributed by atoms with Crippen LogP contribution in [0.2, 0.25) is 0 Å². The Labute approximate surface area is 204 Å². The van der Waals surface area contributed by atoms with Crippen molar-refractivity contribution in [1.82, 2.24) is 14.9 Å². The molecule has 0 fully saturated rings. The second-order valence-corrected chi connectivity index (χ2v) is 8.59. The van der Waals surface area contributed by atoms with Crippen LogP contribution >= 0.6 is 0 Å². The van der Waals surface area contributed by atoms with Crippen LogP contribution in [0.15, 0.2) is 36.4 Å². The van der Waals surface area contributed by atoms with Crippen molar-refractivity contribution < 1.29 is 22.7 Å². The average molecular weight is 491 g/mol. The molecule has 0 spiro atoms. The van der Waals surface area contributed by atoms with Gasteiger partial charge in [-0.1, -0.05) is 17.7 Å². The average Bonchev–Trinajstić information content (AvgIpc) is 3.49. The number of fused-ring (bicyclic) bond motifs is 3. The van der Waals surface area contributed by atoms with Crippen LogP contribution in [-0.2, 0) is 31.0 Å². The Hall–Kier alpha value is -4.36. The first kappa shape index (κ1) is 23.4. The van der Waals surface area contributed by atoms with E-state index < -0.39 is 29.9 Å². The van der Waals surface area contributed by atoms with Gasteiger partial charge in [-0.3, -0.25) is 4.79 Å². The fourth-order valence-electron chi connectivity index (χ4n) is 4.41. The Balaban J connectivity index is 1.58. The first-order valence-corrected chi connectivity index (χ1v) is 11.0. The van der Waals surface area contributed by atoms with E-state index in [1.165, 1.54) is 18.2 Å². The highest BCUT2D eigenvalue weighted by Crippen LogP contribution is 2.32. The van der Waals surface area contributed by atoms with E-state index in [4.69, 9.17) is 17.0 Å². The highest BCUT2D eigenvalue weighted by molar-refractivity contribution is 5.98. The Kier molecular flexibility index (Phi) is 5.86. The number of H-pyrrole nitrogens is 1. The minimum Gasteiger partial charge on any atom is -0.383 e. The van der Waals surface area contributed by atoms with Gasteiger partial charge < -0.3 is 20.4 Å². The van der Waals surface area contributed by atoms with Crippen molar-refractivity contribution in [3.05, 3.63) is 98.8 Å². The lowest BCUT2D eigenvalue weighted by Crippen LogP contribution is -2.32. The molecule has 0 aliphatic carbocycles. The summed E-state index contributed by atoms with van der Waals surface area (Å²) in [5, 5.41) is 0. The second kappa shape index (κ2) is 9.02. The number of nitrogens with one attached hydrogen (secondary N) is 1. The van der Waals surface area contributed by atoms with Crippen LogP contribution < -0.4 is 5.73 Å². The zero-order valence-electron chi connectivity index (χ0n) is 19.2. The van der Waals surface area contributed by atoms with E-state index in [2.05, 4.69) is 14.8 Å². The lowest BCUT2D eigenvalue weighted by Gasteiger charge is -2.24. The molecule has 7 nitrogen and oxygen atoms in total. The van der Waals surface area contributed by atoms with Crippen molar-refractivity contribution in [3.63, 3.8) is 0 Å². The number of rotatable bonds is 5. The van der Waals surface area contributed by atoms with Crippen LogP contribution in [0.5, 0.6) is 0 Å². The maximum atomic E-state index is 14.9. The third kappa shape index (κ3) is 4.03. The number of nitrogen functional groups attached to an aromatic ring is 1. The van der Waals surface area contributed by atoms with Crippen molar-refractivity contribution in [2.75, 3.05) is 5.73 Å². The van der Waals surface area contributed by atoms with E-state index >= 15 is 0 Å². The fourth-order valence-corrected chi connectivity index (χ4v) is 4.41. The number of aromatic amines is 1. The van der Waals surface area contributed by atoms with E-state index in [1.807, 2.05) is 0 Å². The van der Waals surface area contributed by atoms with Gasteiger partial charge in [0.15, 0.2) is 5.69 Å². The van der Waals surface area contributed by atoms with Crippen molar-refractivity contribution in [2.24, 2.45) is 0 Å². The van der Waals surface area contributed by atoms with Crippen molar-refractivity contribution in [2.45, 2.75) is 33.2 Å². The molecule has 0 atom stereocenters. The molecule has 3 N–H and O–H groups in total. The van der Waals surface area contributed by atoms with Gasteiger partial charge in [-0.25, -0.2) is 23.0 Å². The van der Waals surface area contributed by atoms with Crippen molar-refractivity contribution >= 4 is 28.4 Å². The zero-order chi connectivity index (χ0) is 25.6. The number of nitrogens with two attached hydrogens (primary N) is 1. The molecular formula is C26H20F3N5O2. The normalized spacial score (nSPS) is 12.5. The monoisotopic (exact) mass is 491 g/mol. The number of pyridine rings is 1. The fraction of sp³-hybridized carbons (Fsp3) is 0.192. The van der Waals surface area contributed by atoms with Gasteiger partial charge in [-0.2, -0.15) is 0 Å². The molecule has 0 saturated carbocycles. The number of carbonyl (C=O) groups excluding carboxylic acids is 1. The van der Waals surface area contributed by atoms with E-state index in [0.717, 1.165) is 34.2 Å². The van der Waals surface area contributed by atoms with Crippen LogP contribution in [0.25, 0.3) is 15.9 Å². The molecule has 10 heteroatoms. The molecule has 5 rings (SSSR count). The molecular weight excluding hydrogens is 471 g/mol. The molecule has 36 heavy (non-hydrogen) atoms. The van der Waals surface area contributed by atoms with Crippen LogP contribution in [-0.4, -0.2) is 20.8 Å². The van der Waals surface area contributed by atoms with Crippen LogP contribution in [0, 0.1) is 30.9 Å². The van der Waals surface area contributed by atoms with Gasteiger partial charge >= 0.3 is 0 Å². The number of ether oxygens (including phenoxy) is 1. The lowest BCUT2D eigenvalue weighted by molar-refractivity contribution is 0.0719. The maximum absolute atomic E-state index is 14.9. The third-order valence-corrected chi connectivity index (χ3v) is 6.32. The largest absolute Gasteiger partial charge is 0.383 e. The number of anilines is 1. The summed E-state index contributed by atoms with van der Waals surface area (Å²) in [7, 11) is 0. The van der Waals surface area contributed by atoms with Crippen molar-refractivity contribution in [1.29, 1.82) is 0 Å². The predicted molar refractivity (Wildman–Crippen MR) is 126 cm³/mol. The number of carbonyl (C=O) groups is 1. The molecule has 0 bridgehead atoms. The smallest absolute Gasteiger partial charge is 0.270 e. The number of nitrogens with zero attached hydrogens (tertiary/aromatic N) is 3. The van der Waals surface area contributed by atoms with Crippen LogP contribution in [0.3, 0.4) is 0 Å². The van der Waals surface area contributed by atoms with E-state index in [0.29, 0.717) is 35.6 Å². The van der Waals surface area contributed by atoms with Gasteiger partial charge in [0.25, 0.3) is 5.91 Å². The summed E-state index contributed by atoms with van der Waals surface area (Å²) in [6.07, 6.45) is 0. The third-order valence-electron chi connectivity index (χ3n) is 6.32. The predicted octanol–water partition coefficient (Wildman–Crippen LogP) is 5.29. The van der Waals surface area contributed by atoms with Crippen molar-refractivity contribution in [3.8, 4) is 0 Å². The molecule has 0 radical (unpaired) electrons. The Morgan fingerprint density at radius 2 is 1.81 bits per heavy atom. The molecule has 0 saturated heterocycles. The summed E-state index contributed by atoms with van der Waals surface area (Å²) in [4.78, 5) is 25.4. The van der Waals surface area contributed by atoms with E-state index in [-0.39, 0.29) is 29.1 Å². The van der Waals surface area contributed by atoms with Crippen LogP contribution in [0.4, 0.5) is 24.7 Å². The summed E-state index contributed by atoms with van der Waals surface area (Å²) < 4.78 is 49.4. The maximum Gasteiger partial charge on any atom is 0.270 e. The number of benzene rings is 2. The quantitative estimate of drug-likeness (QED) is 0.371. The van der Waals surface area contributed by atoms with Gasteiger partial charge in [0, 0.05) is 28.8 Å². The molecule has 3 heterocycles. The van der Waals surface area contributed by atoms with Gasteiger partial charge in [0.05, 0.1) is 37.4 Å². The Morgan fingerprint density at radius 1 is 1.11 bits per heavy atom. The Bertz CT molecular complexity index is 1530. The molecule has 2 aromatic carbocycles. The summed E-state index contributed by atoms with van der Waals surface area (Å²) >= 11 is 0. The van der Waals surface area contributed by atoms with Gasteiger partial charge in [0.1, 0.15) is 29.0 Å². The lowest BCUT2D eigenvalue weighted by atomic mass is 10.1. The number of halogens is 3. The summed E-state index contributed by atoms with van der Waals surface area (Å²) in [5.74, 6) is -2.65. The molecule has 2 aromatic heterocycles. The van der Waals surface area contributed by atoms with E-state index in [1.54, 1.807) is 6.92 Å². The van der Waals surface area contributed by atoms with Crippen LogP contribution in [0.1, 0.15) is 38.3 Å². The van der Waals surface area contributed by atoms with Gasteiger partial charge in [-0.15, -0.1) is 0 Å². The number of aromatic nitrogens is 2. The SMILES string of the molecule is [C-]#[N+]c1cc(C)c(CN(Cc2c(F)cccc2F)C(=O)c2cc3nc(N)c4c(c3[nH]2)COC4)c(F)c1. The second-order valence-electron chi connectivity index (χ2n) is 8.59. The highest BCUT2D eigenvalue weighted by atomic mass is 19.1. The molecule has 182 valence electrons. The number of aryl methyl sites for hydroxylation is 1. The van der Waals surface area contributed by atoms with Gasteiger partial charge in [0.2, 0.25) is 0 Å². The minimum absolute atomic E-state index is 0.102. The zero-order valence-corrected chi connectivity index (χ0v) is 19.2. The van der Waals surface area contributed by atoms with E-state index in [9.17, 15) is 18.0 Å². The first-order valence-electron chi connectivity index (χ1n) is 11.0. The summed E-state index contributed by atoms with van der Waals surface area (Å²) in [5.41, 5.74) is 9.06. The topological polar surface area (TPSA) is 88.6 Å². The highest BCUT2D eigenvalue weighted by Gasteiger charge is 2.26. The number of hydrogen-bond donors (Lipinski definition) is 2. The molecule has 1 aliphatic rings. The number of hydrogen-bond acceptors (Lipinski definition) is 4. The summed E-state index contributed by atoms with van der Waals surface area (Å²) in [6, 6.07) is 7.48. The summed E-state index contributed by atoms with van der Waals surface area (Å²) in [6.45, 7) is 8.61. The molecule has 0 unspecified atom stereocenters. The van der Waals surface area contributed by atoms with Gasteiger partial charge in [-0.05, 0) is 31.2 Å². The molecule has 1 amide bonds. The minimum atomic E-state index is -0.825. The number of amides is 1. The standard InChI is InChI=1S/C26H20F3N5O2/c1-13-6-14(31-2)7-21(29)15(13)9-34(10-16-19(27)4-3-5-20(16)28)26(35)23-8-22-24(32-23)17-11-36-12-18(17)25(30)33-22/h3-8,32H,9-12H2,1H3,(H2,30,33). The molecule has 1 aliphatic heterocycles.